The highest BCUT2D eigenvalue weighted by Gasteiger charge is 2.26. The Bertz CT molecular complexity index is 1240. The summed E-state index contributed by atoms with van der Waals surface area (Å²) in [6, 6.07) is 5.43. The molecule has 186 valence electrons. The number of thioether (sulfide) groups is 1. The lowest BCUT2D eigenvalue weighted by Crippen LogP contribution is -2.16. The Kier molecular flexibility index (Phi) is 8.35. The van der Waals surface area contributed by atoms with Crippen LogP contribution in [-0.2, 0) is 36.0 Å². The number of methoxy groups -OCH3 is 1. The third kappa shape index (κ3) is 5.99. The van der Waals surface area contributed by atoms with Gasteiger partial charge in [0.15, 0.2) is 11.0 Å². The number of carbonyl (C=O) groups is 2. The molecule has 0 radical (unpaired) electrons. The first-order chi connectivity index (χ1) is 16.9. The highest BCUT2D eigenvalue weighted by atomic mass is 35.5. The molecular weight excluding hydrogens is 508 g/mol. The number of hydrogen-bond donors (Lipinski definition) is 1. The molecule has 0 unspecified atom stereocenters. The Morgan fingerprint density at radius 3 is 2.80 bits per heavy atom. The number of aromatic nitrogens is 3. The maximum atomic E-state index is 12.8. The van der Waals surface area contributed by atoms with Crippen LogP contribution in [0.3, 0.4) is 0 Å². The van der Waals surface area contributed by atoms with Crippen molar-refractivity contribution in [3.63, 3.8) is 0 Å². The fraction of sp³-hybridized carbons (Fsp3) is 0.417. The van der Waals surface area contributed by atoms with Crippen molar-refractivity contribution in [2.45, 2.75) is 50.8 Å². The Labute approximate surface area is 217 Å². The quantitative estimate of drug-likeness (QED) is 0.241. The molecule has 11 heteroatoms. The fourth-order valence-electron chi connectivity index (χ4n) is 3.96. The molecule has 2 heterocycles. The number of nitrogens with one attached hydrogen (secondary N) is 1. The molecule has 0 bridgehead atoms. The van der Waals surface area contributed by atoms with Gasteiger partial charge < -0.3 is 19.4 Å². The van der Waals surface area contributed by atoms with E-state index in [0.717, 1.165) is 49.0 Å². The summed E-state index contributed by atoms with van der Waals surface area (Å²) in [5.41, 5.74) is 2.46. The summed E-state index contributed by atoms with van der Waals surface area (Å²) < 4.78 is 12.7. The number of benzene rings is 1. The van der Waals surface area contributed by atoms with E-state index < -0.39 is 5.97 Å². The monoisotopic (exact) mass is 534 g/mol. The van der Waals surface area contributed by atoms with Gasteiger partial charge in [-0.3, -0.25) is 4.79 Å². The number of fused-ring (bicyclic) bond motifs is 1. The van der Waals surface area contributed by atoms with Gasteiger partial charge in [0.05, 0.1) is 18.4 Å². The molecule has 0 atom stereocenters. The number of amides is 1. The number of thiophene rings is 1. The number of halogens is 1. The van der Waals surface area contributed by atoms with E-state index in [2.05, 4.69) is 15.5 Å². The molecule has 1 amide bonds. The first-order valence-electron chi connectivity index (χ1n) is 11.3. The number of carbonyl (C=O) groups excluding carboxylic acids is 2. The number of nitrogens with zero attached hydrogens (tertiary/aromatic N) is 3. The van der Waals surface area contributed by atoms with Gasteiger partial charge in [0.1, 0.15) is 17.4 Å². The molecule has 0 aliphatic heterocycles. The molecule has 1 aliphatic rings. The number of rotatable bonds is 8. The van der Waals surface area contributed by atoms with Crippen LogP contribution in [0.4, 0.5) is 5.00 Å². The lowest BCUT2D eigenvalue weighted by Gasteiger charge is -2.09. The van der Waals surface area contributed by atoms with Crippen LogP contribution in [0.5, 0.6) is 5.75 Å². The van der Waals surface area contributed by atoms with Crippen molar-refractivity contribution in [2.75, 3.05) is 18.2 Å². The highest BCUT2D eigenvalue weighted by Crippen LogP contribution is 2.38. The first-order valence-corrected chi connectivity index (χ1v) is 13.5. The summed E-state index contributed by atoms with van der Waals surface area (Å²) in [7, 11) is 3.20. The average Bonchev–Trinajstić information content (AvgIpc) is 3.26. The predicted molar refractivity (Wildman–Crippen MR) is 138 cm³/mol. The van der Waals surface area contributed by atoms with E-state index in [4.69, 9.17) is 21.1 Å². The summed E-state index contributed by atoms with van der Waals surface area (Å²) in [5.74, 6) is 0.876. The van der Waals surface area contributed by atoms with E-state index in [9.17, 15) is 9.59 Å². The van der Waals surface area contributed by atoms with Crippen molar-refractivity contribution in [3.8, 4) is 5.75 Å². The van der Waals surface area contributed by atoms with Gasteiger partial charge in [0, 0.05) is 16.9 Å². The van der Waals surface area contributed by atoms with Gasteiger partial charge in [-0.05, 0) is 61.9 Å². The number of hydrogen-bond acceptors (Lipinski definition) is 8. The highest BCUT2D eigenvalue weighted by molar-refractivity contribution is 7.99. The largest absolute Gasteiger partial charge is 0.485 e. The molecule has 0 spiro atoms. The van der Waals surface area contributed by atoms with Crippen molar-refractivity contribution < 1.29 is 19.1 Å². The normalized spacial score (nSPS) is 13.1. The summed E-state index contributed by atoms with van der Waals surface area (Å²) in [6.45, 7) is 2.16. The molecule has 2 aromatic heterocycles. The zero-order valence-electron chi connectivity index (χ0n) is 19.9. The Morgan fingerprint density at radius 1 is 1.23 bits per heavy atom. The Balaban J connectivity index is 1.38. The van der Waals surface area contributed by atoms with E-state index in [0.29, 0.717) is 26.6 Å². The molecule has 1 aliphatic carbocycles. The standard InChI is InChI=1S/C24H27ClN4O4S2/c1-14-11-15(25)9-10-17(14)33-12-19-27-28-24(29(19)2)34-13-20(30)26-22-21(23(31)32-3)16-7-5-4-6-8-18(16)35-22/h9-11H,4-8,12-13H2,1-3H3,(H,26,30). The van der Waals surface area contributed by atoms with Gasteiger partial charge in [-0.25, -0.2) is 4.79 Å². The molecule has 0 saturated carbocycles. The zero-order chi connectivity index (χ0) is 24.9. The van der Waals surface area contributed by atoms with Crippen LogP contribution in [0.2, 0.25) is 5.02 Å². The maximum Gasteiger partial charge on any atom is 0.341 e. The van der Waals surface area contributed by atoms with Gasteiger partial charge >= 0.3 is 5.97 Å². The summed E-state index contributed by atoms with van der Waals surface area (Å²) in [6.07, 6.45) is 5.03. The van der Waals surface area contributed by atoms with E-state index in [-0.39, 0.29) is 18.3 Å². The number of aryl methyl sites for hydroxylation is 2. The topological polar surface area (TPSA) is 95.3 Å². The molecule has 1 aromatic carbocycles. The Hall–Kier alpha value is -2.56. The summed E-state index contributed by atoms with van der Waals surface area (Å²) in [4.78, 5) is 26.4. The van der Waals surface area contributed by atoms with Crippen molar-refractivity contribution >= 4 is 51.6 Å². The van der Waals surface area contributed by atoms with Crippen LogP contribution in [0.25, 0.3) is 0 Å². The van der Waals surface area contributed by atoms with Gasteiger partial charge in [-0.15, -0.1) is 21.5 Å². The number of ether oxygens (including phenoxy) is 2. The molecule has 8 nitrogen and oxygen atoms in total. The molecule has 35 heavy (non-hydrogen) atoms. The minimum absolute atomic E-state index is 0.131. The van der Waals surface area contributed by atoms with Gasteiger partial charge in [0.25, 0.3) is 0 Å². The van der Waals surface area contributed by atoms with Crippen molar-refractivity contribution in [2.24, 2.45) is 7.05 Å². The zero-order valence-corrected chi connectivity index (χ0v) is 22.2. The second kappa shape index (κ2) is 11.5. The third-order valence-electron chi connectivity index (χ3n) is 5.81. The molecule has 1 N–H and O–H groups in total. The number of anilines is 1. The third-order valence-corrected chi connectivity index (χ3v) is 8.28. The minimum Gasteiger partial charge on any atom is -0.485 e. The van der Waals surface area contributed by atoms with Gasteiger partial charge in [-0.1, -0.05) is 29.8 Å². The molecule has 4 rings (SSSR count). The second-order valence-electron chi connectivity index (χ2n) is 8.25. The second-order valence-corrected chi connectivity index (χ2v) is 10.7. The molecule has 3 aromatic rings. The predicted octanol–water partition coefficient (Wildman–Crippen LogP) is 5.20. The van der Waals surface area contributed by atoms with Crippen LogP contribution >= 0.6 is 34.7 Å². The first kappa shape index (κ1) is 25.5. The number of esters is 1. The van der Waals surface area contributed by atoms with E-state index >= 15 is 0 Å². The molecular formula is C24H27ClN4O4S2. The summed E-state index contributed by atoms with van der Waals surface area (Å²) >= 11 is 8.75. The fourth-order valence-corrected chi connectivity index (χ4v) is 6.21. The Morgan fingerprint density at radius 2 is 2.03 bits per heavy atom. The van der Waals surface area contributed by atoms with Crippen LogP contribution in [0.15, 0.2) is 23.4 Å². The minimum atomic E-state index is -0.402. The lowest BCUT2D eigenvalue weighted by atomic mass is 10.1. The van der Waals surface area contributed by atoms with Crippen molar-refractivity contribution in [1.29, 1.82) is 0 Å². The van der Waals surface area contributed by atoms with Crippen LogP contribution in [0, 0.1) is 6.92 Å². The van der Waals surface area contributed by atoms with Crippen molar-refractivity contribution in [1.82, 2.24) is 14.8 Å². The smallest absolute Gasteiger partial charge is 0.341 e. The van der Waals surface area contributed by atoms with Gasteiger partial charge in [0.2, 0.25) is 5.91 Å². The van der Waals surface area contributed by atoms with E-state index in [1.807, 2.05) is 26.1 Å². The molecule has 0 fully saturated rings. The van der Waals surface area contributed by atoms with Crippen LogP contribution in [-0.4, -0.2) is 39.5 Å². The van der Waals surface area contributed by atoms with E-state index in [1.165, 1.54) is 35.1 Å². The summed E-state index contributed by atoms with van der Waals surface area (Å²) in [5, 5.41) is 13.1. The lowest BCUT2D eigenvalue weighted by molar-refractivity contribution is -0.113. The van der Waals surface area contributed by atoms with Crippen LogP contribution < -0.4 is 10.1 Å². The van der Waals surface area contributed by atoms with E-state index in [1.54, 1.807) is 10.6 Å². The average molecular weight is 535 g/mol. The van der Waals surface area contributed by atoms with Crippen molar-refractivity contribution in [3.05, 3.63) is 50.6 Å². The van der Waals surface area contributed by atoms with Gasteiger partial charge in [-0.2, -0.15) is 0 Å². The van der Waals surface area contributed by atoms with Crippen LogP contribution in [0.1, 0.15) is 51.4 Å². The SMILES string of the molecule is COC(=O)c1c(NC(=O)CSc2nnc(COc3ccc(Cl)cc3C)n2C)sc2c1CCCCC2. The maximum absolute atomic E-state index is 12.8. The molecule has 0 saturated heterocycles.